The first-order valence-corrected chi connectivity index (χ1v) is 7.13. The Morgan fingerprint density at radius 3 is 2.70 bits per heavy atom. The molecule has 1 saturated heterocycles. The maximum absolute atomic E-state index is 12.4. The van der Waals surface area contributed by atoms with Crippen LogP contribution >= 0.6 is 0 Å². The van der Waals surface area contributed by atoms with Crippen molar-refractivity contribution in [3.63, 3.8) is 0 Å². The van der Waals surface area contributed by atoms with Crippen molar-refractivity contribution in [2.45, 2.75) is 45.6 Å². The third-order valence-electron chi connectivity index (χ3n) is 3.74. The number of carbonyl (C=O) groups excluding carboxylic acids is 1. The second kappa shape index (κ2) is 6.11. The minimum atomic E-state index is -1.15. The van der Waals surface area contributed by atoms with Gasteiger partial charge < -0.3 is 14.4 Å². The highest BCUT2D eigenvalue weighted by molar-refractivity contribution is 5.93. The summed E-state index contributed by atoms with van der Waals surface area (Å²) < 4.78 is 5.10. The largest absolute Gasteiger partial charge is 0.475 e. The van der Waals surface area contributed by atoms with Gasteiger partial charge in [-0.1, -0.05) is 13.8 Å². The van der Waals surface area contributed by atoms with Gasteiger partial charge in [-0.3, -0.25) is 4.79 Å². The van der Waals surface area contributed by atoms with E-state index in [4.69, 9.17) is 9.52 Å². The summed E-state index contributed by atoms with van der Waals surface area (Å²) in [6, 6.07) is 3.03. The SMILES string of the molecule is CC(C)CCC1CCCN1C(=O)c1ccc(C(=O)O)o1. The van der Waals surface area contributed by atoms with Crippen LogP contribution in [0.3, 0.4) is 0 Å². The number of carboxylic acids is 1. The maximum Gasteiger partial charge on any atom is 0.371 e. The van der Waals surface area contributed by atoms with E-state index in [1.165, 1.54) is 12.1 Å². The predicted molar refractivity (Wildman–Crippen MR) is 73.8 cm³/mol. The van der Waals surface area contributed by atoms with Crippen molar-refractivity contribution < 1.29 is 19.1 Å². The zero-order valence-corrected chi connectivity index (χ0v) is 12.0. The van der Waals surface area contributed by atoms with Gasteiger partial charge in [-0.15, -0.1) is 0 Å². The van der Waals surface area contributed by atoms with Crippen LogP contribution in [-0.2, 0) is 0 Å². The quantitative estimate of drug-likeness (QED) is 0.899. The fourth-order valence-corrected chi connectivity index (χ4v) is 2.64. The molecule has 1 unspecified atom stereocenters. The summed E-state index contributed by atoms with van der Waals surface area (Å²) in [7, 11) is 0. The van der Waals surface area contributed by atoms with Gasteiger partial charge in [-0.2, -0.15) is 0 Å². The highest BCUT2D eigenvalue weighted by atomic mass is 16.4. The van der Waals surface area contributed by atoms with E-state index in [-0.39, 0.29) is 23.5 Å². The van der Waals surface area contributed by atoms with E-state index in [9.17, 15) is 9.59 Å². The van der Waals surface area contributed by atoms with Crippen molar-refractivity contribution in [1.29, 1.82) is 0 Å². The normalized spacial score (nSPS) is 18.8. The van der Waals surface area contributed by atoms with Gasteiger partial charge in [0.25, 0.3) is 5.91 Å². The molecule has 1 aliphatic heterocycles. The number of furan rings is 1. The standard InChI is InChI=1S/C15H21NO4/c1-10(2)5-6-11-4-3-9-16(11)14(17)12-7-8-13(20-12)15(18)19/h7-8,10-11H,3-6,9H2,1-2H3,(H,18,19). The highest BCUT2D eigenvalue weighted by Gasteiger charge is 2.31. The Hall–Kier alpha value is -1.78. The molecule has 0 spiro atoms. The Labute approximate surface area is 118 Å². The molecule has 0 bridgehead atoms. The molecule has 5 heteroatoms. The molecule has 2 rings (SSSR count). The number of rotatable bonds is 5. The van der Waals surface area contributed by atoms with Gasteiger partial charge in [0.15, 0.2) is 5.76 Å². The fourth-order valence-electron chi connectivity index (χ4n) is 2.64. The summed E-state index contributed by atoms with van der Waals surface area (Å²) >= 11 is 0. The smallest absolute Gasteiger partial charge is 0.371 e. The molecule has 1 aromatic rings. The Morgan fingerprint density at radius 1 is 1.40 bits per heavy atom. The fraction of sp³-hybridized carbons (Fsp3) is 0.600. The molecule has 1 fully saturated rings. The molecule has 5 nitrogen and oxygen atoms in total. The summed E-state index contributed by atoms with van der Waals surface area (Å²) in [6.07, 6.45) is 4.11. The number of likely N-dealkylation sites (tertiary alicyclic amines) is 1. The van der Waals surface area contributed by atoms with E-state index >= 15 is 0 Å². The molecule has 110 valence electrons. The van der Waals surface area contributed by atoms with Crippen LogP contribution in [0.1, 0.15) is 60.6 Å². The molecule has 0 saturated carbocycles. The molecule has 0 aliphatic carbocycles. The Kier molecular flexibility index (Phi) is 4.47. The van der Waals surface area contributed by atoms with Crippen LogP contribution in [0.5, 0.6) is 0 Å². The van der Waals surface area contributed by atoms with Crippen molar-refractivity contribution >= 4 is 11.9 Å². The van der Waals surface area contributed by atoms with Gasteiger partial charge in [0, 0.05) is 12.6 Å². The van der Waals surface area contributed by atoms with Gasteiger partial charge >= 0.3 is 5.97 Å². The van der Waals surface area contributed by atoms with Crippen LogP contribution < -0.4 is 0 Å². The van der Waals surface area contributed by atoms with Crippen molar-refractivity contribution in [3.8, 4) is 0 Å². The maximum atomic E-state index is 12.4. The van der Waals surface area contributed by atoms with Crippen LogP contribution in [0.15, 0.2) is 16.5 Å². The number of carboxylic acid groups (broad SMARTS) is 1. The zero-order chi connectivity index (χ0) is 14.7. The monoisotopic (exact) mass is 279 g/mol. The van der Waals surface area contributed by atoms with Crippen molar-refractivity contribution in [1.82, 2.24) is 4.90 Å². The summed E-state index contributed by atoms with van der Waals surface area (Å²) in [4.78, 5) is 25.0. The summed E-state index contributed by atoms with van der Waals surface area (Å²) in [6.45, 7) is 5.07. The number of amides is 1. The van der Waals surface area contributed by atoms with E-state index in [0.29, 0.717) is 5.92 Å². The lowest BCUT2D eigenvalue weighted by Crippen LogP contribution is -2.35. The minimum Gasteiger partial charge on any atom is -0.475 e. The first-order chi connectivity index (χ1) is 9.49. The minimum absolute atomic E-state index is 0.124. The molecule has 1 aromatic heterocycles. The van der Waals surface area contributed by atoms with Crippen LogP contribution in [0.4, 0.5) is 0 Å². The third kappa shape index (κ3) is 3.21. The molecule has 0 aromatic carbocycles. The van der Waals surface area contributed by atoms with Gasteiger partial charge in [-0.05, 0) is 43.7 Å². The summed E-state index contributed by atoms with van der Waals surface area (Å²) in [5, 5.41) is 8.82. The Morgan fingerprint density at radius 2 is 2.10 bits per heavy atom. The molecule has 1 atom stereocenters. The Bertz CT molecular complexity index is 492. The third-order valence-corrected chi connectivity index (χ3v) is 3.74. The Balaban J connectivity index is 2.04. The first-order valence-electron chi connectivity index (χ1n) is 7.13. The van der Waals surface area contributed by atoms with Gasteiger partial charge in [-0.25, -0.2) is 4.79 Å². The average molecular weight is 279 g/mol. The lowest BCUT2D eigenvalue weighted by atomic mass is 10.0. The van der Waals surface area contributed by atoms with E-state index in [2.05, 4.69) is 13.8 Å². The van der Waals surface area contributed by atoms with Crippen LogP contribution in [0.25, 0.3) is 0 Å². The molecule has 1 N–H and O–H groups in total. The highest BCUT2D eigenvalue weighted by Crippen LogP contribution is 2.25. The molecule has 20 heavy (non-hydrogen) atoms. The van der Waals surface area contributed by atoms with Crippen LogP contribution in [0, 0.1) is 5.92 Å². The van der Waals surface area contributed by atoms with Gasteiger partial charge in [0.1, 0.15) is 0 Å². The van der Waals surface area contributed by atoms with E-state index < -0.39 is 5.97 Å². The van der Waals surface area contributed by atoms with Crippen molar-refractivity contribution in [2.75, 3.05) is 6.54 Å². The number of carbonyl (C=O) groups is 2. The molecule has 2 heterocycles. The van der Waals surface area contributed by atoms with E-state index in [1.54, 1.807) is 0 Å². The summed E-state index contributed by atoms with van der Waals surface area (Å²) in [5.74, 6) is -0.787. The lowest BCUT2D eigenvalue weighted by Gasteiger charge is -2.24. The second-order valence-corrected chi connectivity index (χ2v) is 5.73. The average Bonchev–Trinajstić information content (AvgIpc) is 3.04. The number of hydrogen-bond acceptors (Lipinski definition) is 3. The molecule has 1 amide bonds. The van der Waals surface area contributed by atoms with E-state index in [1.807, 2.05) is 4.90 Å². The summed E-state index contributed by atoms with van der Waals surface area (Å²) in [5.41, 5.74) is 0. The second-order valence-electron chi connectivity index (χ2n) is 5.73. The number of aromatic carboxylic acids is 1. The van der Waals surface area contributed by atoms with E-state index in [0.717, 1.165) is 32.2 Å². The van der Waals surface area contributed by atoms with Crippen molar-refractivity contribution in [3.05, 3.63) is 23.7 Å². The molecule has 0 radical (unpaired) electrons. The molecular weight excluding hydrogens is 258 g/mol. The number of nitrogens with zero attached hydrogens (tertiary/aromatic N) is 1. The van der Waals surface area contributed by atoms with Crippen LogP contribution in [-0.4, -0.2) is 34.5 Å². The topological polar surface area (TPSA) is 70.8 Å². The lowest BCUT2D eigenvalue weighted by molar-refractivity contribution is 0.0643. The predicted octanol–water partition coefficient (Wildman–Crippen LogP) is 3.02. The number of hydrogen-bond donors (Lipinski definition) is 1. The van der Waals surface area contributed by atoms with Crippen LogP contribution in [0.2, 0.25) is 0 Å². The van der Waals surface area contributed by atoms with Crippen molar-refractivity contribution in [2.24, 2.45) is 5.92 Å². The zero-order valence-electron chi connectivity index (χ0n) is 12.0. The van der Waals surface area contributed by atoms with Gasteiger partial charge in [0.2, 0.25) is 5.76 Å². The first kappa shape index (κ1) is 14.6. The van der Waals surface area contributed by atoms with Gasteiger partial charge in [0.05, 0.1) is 0 Å². The molecule has 1 aliphatic rings. The molecular formula is C15H21NO4.